The second-order valence-electron chi connectivity index (χ2n) is 7.67. The second kappa shape index (κ2) is 5.41. The molecule has 0 radical (unpaired) electrons. The van der Waals surface area contributed by atoms with Crippen molar-refractivity contribution in [2.75, 3.05) is 0 Å². The third kappa shape index (κ3) is 3.37. The van der Waals surface area contributed by atoms with E-state index in [0.29, 0.717) is 5.56 Å². The number of hydrogen-bond donors (Lipinski definition) is 0. The molecule has 0 unspecified atom stereocenters. The smallest absolute Gasteiger partial charge is 0.498 e. The number of rotatable bonds is 3. The molecule has 0 saturated carbocycles. The van der Waals surface area contributed by atoms with Crippen LogP contribution in [0.2, 0.25) is 19.6 Å². The average Bonchev–Trinajstić information content (AvgIpc) is 2.57. The minimum atomic E-state index is -1.77. The summed E-state index contributed by atoms with van der Waals surface area (Å²) in [4.78, 5) is 0. The fourth-order valence-corrected chi connectivity index (χ4v) is 3.04. The van der Waals surface area contributed by atoms with Gasteiger partial charge in [0.1, 0.15) is 5.75 Å². The molecule has 0 amide bonds. The quantitative estimate of drug-likeness (QED) is 0.804. The summed E-state index contributed by atoms with van der Waals surface area (Å²) >= 11 is 0. The molecule has 6 heteroatoms. The van der Waals surface area contributed by atoms with Gasteiger partial charge in [-0.15, -0.1) is 0 Å². The SMILES string of the molecule is CC1(C)OB(c2cc(C#N)ccc2O[Si](C)(C)C)OC1(C)C. The number of benzene rings is 1. The van der Waals surface area contributed by atoms with E-state index >= 15 is 0 Å². The van der Waals surface area contributed by atoms with E-state index in [4.69, 9.17) is 19.0 Å². The molecule has 0 N–H and O–H groups in total. The summed E-state index contributed by atoms with van der Waals surface area (Å²) in [7, 11) is -2.30. The summed E-state index contributed by atoms with van der Waals surface area (Å²) in [5.74, 6) is 0.747. The molecule has 0 spiro atoms. The van der Waals surface area contributed by atoms with Crippen LogP contribution >= 0.6 is 0 Å². The van der Waals surface area contributed by atoms with Crippen molar-refractivity contribution in [3.05, 3.63) is 23.8 Å². The molecule has 0 atom stereocenters. The highest BCUT2D eigenvalue weighted by molar-refractivity contribution is 6.71. The van der Waals surface area contributed by atoms with Crippen LogP contribution in [0.3, 0.4) is 0 Å². The van der Waals surface area contributed by atoms with Gasteiger partial charge in [0.15, 0.2) is 0 Å². The van der Waals surface area contributed by atoms with Crippen LogP contribution < -0.4 is 9.89 Å². The Kier molecular flexibility index (Phi) is 4.20. The lowest BCUT2D eigenvalue weighted by Gasteiger charge is -2.32. The van der Waals surface area contributed by atoms with Crippen LogP contribution in [-0.2, 0) is 9.31 Å². The lowest BCUT2D eigenvalue weighted by Crippen LogP contribution is -2.41. The van der Waals surface area contributed by atoms with Gasteiger partial charge in [-0.2, -0.15) is 5.26 Å². The van der Waals surface area contributed by atoms with Crippen molar-refractivity contribution in [3.8, 4) is 11.8 Å². The molecule has 2 rings (SSSR count). The standard InChI is InChI=1S/C16H24BNO3Si/c1-15(2)16(3,4)21-17(20-15)13-10-12(11-18)8-9-14(13)19-22(5,6)7/h8-10H,1-7H3. The molecule has 1 aliphatic heterocycles. The Morgan fingerprint density at radius 3 is 2.09 bits per heavy atom. The van der Waals surface area contributed by atoms with Gasteiger partial charge in [0.25, 0.3) is 0 Å². The summed E-state index contributed by atoms with van der Waals surface area (Å²) in [6, 6.07) is 7.58. The van der Waals surface area contributed by atoms with Crippen LogP contribution in [0.15, 0.2) is 18.2 Å². The third-order valence-corrected chi connectivity index (χ3v) is 4.89. The van der Waals surface area contributed by atoms with Crippen molar-refractivity contribution in [2.24, 2.45) is 0 Å². The van der Waals surface area contributed by atoms with Crippen molar-refractivity contribution in [1.82, 2.24) is 0 Å². The van der Waals surface area contributed by atoms with Gasteiger partial charge in [0.2, 0.25) is 8.32 Å². The molecular weight excluding hydrogens is 293 g/mol. The van der Waals surface area contributed by atoms with E-state index < -0.39 is 26.6 Å². The highest BCUT2D eigenvalue weighted by Gasteiger charge is 2.52. The minimum Gasteiger partial charge on any atom is -0.545 e. The second-order valence-corrected chi connectivity index (χ2v) is 12.1. The van der Waals surface area contributed by atoms with Crippen LogP contribution in [0.5, 0.6) is 5.75 Å². The highest BCUT2D eigenvalue weighted by Crippen LogP contribution is 2.37. The Hall–Kier alpha value is -1.29. The Labute approximate surface area is 134 Å². The predicted octanol–water partition coefficient (Wildman–Crippen LogP) is 3.07. The number of nitrogens with zero attached hydrogens (tertiary/aromatic N) is 1. The van der Waals surface area contributed by atoms with Gasteiger partial charge in [-0.05, 0) is 65.5 Å². The maximum Gasteiger partial charge on any atom is 0.498 e. The molecule has 1 saturated heterocycles. The average molecular weight is 317 g/mol. The zero-order chi connectivity index (χ0) is 16.8. The molecule has 118 valence electrons. The Bertz CT molecular complexity index is 601. The van der Waals surface area contributed by atoms with Crippen molar-refractivity contribution in [3.63, 3.8) is 0 Å². The number of hydrogen-bond acceptors (Lipinski definition) is 4. The largest absolute Gasteiger partial charge is 0.545 e. The van der Waals surface area contributed by atoms with Gasteiger partial charge in [0.05, 0.1) is 22.8 Å². The van der Waals surface area contributed by atoms with Gasteiger partial charge in [-0.25, -0.2) is 0 Å². The van der Waals surface area contributed by atoms with Crippen LogP contribution in [0.4, 0.5) is 0 Å². The fourth-order valence-electron chi connectivity index (χ4n) is 2.20. The van der Waals surface area contributed by atoms with Crippen molar-refractivity contribution in [2.45, 2.75) is 58.5 Å². The monoisotopic (exact) mass is 317 g/mol. The highest BCUT2D eigenvalue weighted by atomic mass is 28.4. The molecule has 0 aromatic heterocycles. The molecular formula is C16H24BNO3Si. The van der Waals surface area contributed by atoms with Crippen LogP contribution in [0, 0.1) is 11.3 Å². The first-order chi connectivity index (χ1) is 9.95. The molecule has 1 heterocycles. The van der Waals surface area contributed by atoms with Gasteiger partial charge in [0, 0.05) is 5.46 Å². The van der Waals surface area contributed by atoms with Crippen molar-refractivity contribution < 1.29 is 13.7 Å². The molecule has 22 heavy (non-hydrogen) atoms. The van der Waals surface area contributed by atoms with E-state index in [9.17, 15) is 0 Å². The third-order valence-electron chi connectivity index (χ3n) is 4.06. The number of nitriles is 1. The van der Waals surface area contributed by atoms with Crippen LogP contribution in [-0.4, -0.2) is 26.6 Å². The summed E-state index contributed by atoms with van der Waals surface area (Å²) in [6.45, 7) is 14.4. The maximum absolute atomic E-state index is 9.17. The first kappa shape index (κ1) is 17.1. The Balaban J connectivity index is 2.43. The first-order valence-corrected chi connectivity index (χ1v) is 10.9. The van der Waals surface area contributed by atoms with Gasteiger partial charge in [-0.1, -0.05) is 0 Å². The summed E-state index contributed by atoms with van der Waals surface area (Å²) in [5, 5.41) is 9.17. The fraction of sp³-hybridized carbons (Fsp3) is 0.562. The summed E-state index contributed by atoms with van der Waals surface area (Å²) in [6.07, 6.45) is 0. The molecule has 1 aromatic carbocycles. The van der Waals surface area contributed by atoms with E-state index in [2.05, 4.69) is 25.7 Å². The minimum absolute atomic E-state index is 0.420. The Morgan fingerprint density at radius 1 is 1.09 bits per heavy atom. The predicted molar refractivity (Wildman–Crippen MR) is 90.8 cm³/mol. The summed E-state index contributed by atoms with van der Waals surface area (Å²) < 4.78 is 18.4. The zero-order valence-electron chi connectivity index (χ0n) is 14.5. The summed E-state index contributed by atoms with van der Waals surface area (Å²) in [5.41, 5.74) is 0.529. The molecule has 0 bridgehead atoms. The molecule has 1 fully saturated rings. The lowest BCUT2D eigenvalue weighted by molar-refractivity contribution is 0.00578. The van der Waals surface area contributed by atoms with Crippen molar-refractivity contribution >= 4 is 20.9 Å². The molecule has 1 aromatic rings. The lowest BCUT2D eigenvalue weighted by atomic mass is 9.77. The van der Waals surface area contributed by atoms with Gasteiger partial charge < -0.3 is 13.7 Å². The molecule has 0 aliphatic carbocycles. The Morgan fingerprint density at radius 2 is 1.64 bits per heavy atom. The zero-order valence-corrected chi connectivity index (χ0v) is 15.5. The van der Waals surface area contributed by atoms with Crippen molar-refractivity contribution in [1.29, 1.82) is 5.26 Å². The van der Waals surface area contributed by atoms with E-state index in [1.165, 1.54) is 0 Å². The van der Waals surface area contributed by atoms with Gasteiger partial charge in [-0.3, -0.25) is 0 Å². The van der Waals surface area contributed by atoms with E-state index in [1.54, 1.807) is 12.1 Å². The first-order valence-electron chi connectivity index (χ1n) is 7.54. The molecule has 4 nitrogen and oxygen atoms in total. The topological polar surface area (TPSA) is 51.5 Å². The van der Waals surface area contributed by atoms with E-state index in [0.717, 1.165) is 11.2 Å². The van der Waals surface area contributed by atoms with E-state index in [1.807, 2.05) is 33.8 Å². The van der Waals surface area contributed by atoms with Gasteiger partial charge >= 0.3 is 7.12 Å². The van der Waals surface area contributed by atoms with E-state index in [-0.39, 0.29) is 0 Å². The van der Waals surface area contributed by atoms with Crippen LogP contribution in [0.1, 0.15) is 33.3 Å². The maximum atomic E-state index is 9.17. The normalized spacial score (nSPS) is 19.8. The van der Waals surface area contributed by atoms with Crippen LogP contribution in [0.25, 0.3) is 0 Å². The molecule has 1 aliphatic rings.